The molecule has 0 spiro atoms. The molecule has 0 saturated carbocycles. The quantitative estimate of drug-likeness (QED) is 0.735. The molecule has 0 radical (unpaired) electrons. The van der Waals surface area contributed by atoms with Gasteiger partial charge < -0.3 is 4.42 Å². The first-order valence-electron chi connectivity index (χ1n) is 4.13. The molecule has 0 aromatic carbocycles. The number of furan rings is 1. The molecule has 14 heavy (non-hydrogen) atoms. The molecule has 0 aliphatic heterocycles. The van der Waals surface area contributed by atoms with Gasteiger partial charge in [-0.1, -0.05) is 25.4 Å². The molecule has 0 aliphatic carbocycles. The van der Waals surface area contributed by atoms with E-state index in [-0.39, 0.29) is 10.8 Å². The molecule has 1 atom stereocenters. The maximum absolute atomic E-state index is 12.6. The van der Waals surface area contributed by atoms with Gasteiger partial charge in [0.2, 0.25) is 0 Å². The van der Waals surface area contributed by atoms with E-state index in [0.717, 1.165) is 6.26 Å². The van der Waals surface area contributed by atoms with E-state index < -0.39 is 18.0 Å². The normalized spacial score (nSPS) is 14.8. The molecule has 1 aromatic heterocycles. The van der Waals surface area contributed by atoms with Gasteiger partial charge in [0.1, 0.15) is 17.9 Å². The summed E-state index contributed by atoms with van der Waals surface area (Å²) in [7, 11) is 0. The molecule has 0 N–H and O–H groups in total. The minimum atomic E-state index is -4.30. The van der Waals surface area contributed by atoms with Crippen molar-refractivity contribution in [3.63, 3.8) is 0 Å². The summed E-state index contributed by atoms with van der Waals surface area (Å²) in [4.78, 5) is 0. The summed E-state index contributed by atoms with van der Waals surface area (Å²) in [5.41, 5.74) is 0. The Morgan fingerprint density at radius 2 is 1.93 bits per heavy atom. The van der Waals surface area contributed by atoms with Crippen LogP contribution in [0, 0.1) is 5.92 Å². The molecule has 80 valence electrons. The minimum absolute atomic E-state index is 0.127. The highest BCUT2D eigenvalue weighted by molar-refractivity contribution is 6.30. The third-order valence-electron chi connectivity index (χ3n) is 1.91. The molecule has 1 aromatic rings. The van der Waals surface area contributed by atoms with Crippen molar-refractivity contribution < 1.29 is 17.6 Å². The first-order valence-corrected chi connectivity index (χ1v) is 4.51. The molecule has 0 bridgehead atoms. The van der Waals surface area contributed by atoms with Crippen LogP contribution in [-0.2, 0) is 0 Å². The van der Waals surface area contributed by atoms with Gasteiger partial charge in [-0.25, -0.2) is 0 Å². The van der Waals surface area contributed by atoms with Crippen molar-refractivity contribution in [2.45, 2.75) is 25.9 Å². The number of rotatable bonds is 2. The monoisotopic (exact) mass is 226 g/mol. The lowest BCUT2D eigenvalue weighted by molar-refractivity contribution is -0.163. The molecule has 1 rings (SSSR count). The molecule has 1 heterocycles. The summed E-state index contributed by atoms with van der Waals surface area (Å²) in [6.45, 7) is 2.99. The van der Waals surface area contributed by atoms with E-state index in [2.05, 4.69) is 0 Å². The smallest absolute Gasteiger partial charge is 0.399 e. The van der Waals surface area contributed by atoms with Crippen LogP contribution < -0.4 is 0 Å². The standard InChI is InChI=1S/C9H10ClF3O/c1-5(2)8(9(11,12)13)7-3-6(10)4-14-7/h3-5,8H,1-2H3/t8-/m0/s1. The van der Waals surface area contributed by atoms with Crippen molar-refractivity contribution in [2.75, 3.05) is 0 Å². The molecular formula is C9H10ClF3O. The average Bonchev–Trinajstić information content (AvgIpc) is 2.31. The van der Waals surface area contributed by atoms with Crippen molar-refractivity contribution in [2.24, 2.45) is 5.92 Å². The summed E-state index contributed by atoms with van der Waals surface area (Å²) in [5, 5.41) is 0.190. The molecule has 0 unspecified atom stereocenters. The van der Waals surface area contributed by atoms with E-state index in [1.165, 1.54) is 19.9 Å². The highest BCUT2D eigenvalue weighted by Crippen LogP contribution is 2.41. The SMILES string of the molecule is CC(C)[C@@H](c1cc(Cl)co1)C(F)(F)F. The summed E-state index contributed by atoms with van der Waals surface area (Å²) >= 11 is 5.50. The largest absolute Gasteiger partial charge is 0.467 e. The summed E-state index contributed by atoms with van der Waals surface area (Å²) in [6.07, 6.45) is -3.19. The van der Waals surface area contributed by atoms with E-state index in [1.807, 2.05) is 0 Å². The van der Waals surface area contributed by atoms with E-state index in [4.69, 9.17) is 16.0 Å². The lowest BCUT2D eigenvalue weighted by Gasteiger charge is -2.21. The second-order valence-corrected chi connectivity index (χ2v) is 3.87. The number of hydrogen-bond donors (Lipinski definition) is 0. The zero-order chi connectivity index (χ0) is 10.9. The minimum Gasteiger partial charge on any atom is -0.467 e. The predicted octanol–water partition coefficient (Wildman–Crippen LogP) is 4.23. The lowest BCUT2D eigenvalue weighted by Crippen LogP contribution is -2.24. The Morgan fingerprint density at radius 3 is 2.21 bits per heavy atom. The molecular weight excluding hydrogens is 217 g/mol. The predicted molar refractivity (Wildman–Crippen MR) is 47.4 cm³/mol. The van der Waals surface area contributed by atoms with Gasteiger partial charge in [-0.3, -0.25) is 0 Å². The van der Waals surface area contributed by atoms with Gasteiger partial charge in [0.25, 0.3) is 0 Å². The maximum atomic E-state index is 12.6. The van der Waals surface area contributed by atoms with Gasteiger partial charge in [-0.15, -0.1) is 0 Å². The van der Waals surface area contributed by atoms with E-state index in [9.17, 15) is 13.2 Å². The van der Waals surface area contributed by atoms with Crippen molar-refractivity contribution >= 4 is 11.6 Å². The van der Waals surface area contributed by atoms with Crippen LogP contribution in [0.1, 0.15) is 25.5 Å². The Labute approximate surface area is 84.9 Å². The van der Waals surface area contributed by atoms with Crippen LogP contribution in [0.25, 0.3) is 0 Å². The highest BCUT2D eigenvalue weighted by atomic mass is 35.5. The molecule has 0 fully saturated rings. The third-order valence-corrected chi connectivity index (χ3v) is 2.11. The summed E-state index contributed by atoms with van der Waals surface area (Å²) in [5.74, 6) is -2.29. The van der Waals surface area contributed by atoms with Crippen molar-refractivity contribution in [1.29, 1.82) is 0 Å². The van der Waals surface area contributed by atoms with Gasteiger partial charge in [-0.2, -0.15) is 13.2 Å². The Kier molecular flexibility index (Phi) is 3.14. The third kappa shape index (κ3) is 2.44. The second-order valence-electron chi connectivity index (χ2n) is 3.43. The van der Waals surface area contributed by atoms with E-state index in [1.54, 1.807) is 0 Å². The van der Waals surface area contributed by atoms with E-state index in [0.29, 0.717) is 0 Å². The fourth-order valence-corrected chi connectivity index (χ4v) is 1.51. The Bertz CT molecular complexity index is 303. The van der Waals surface area contributed by atoms with Crippen LogP contribution in [0.2, 0.25) is 5.02 Å². The van der Waals surface area contributed by atoms with Gasteiger partial charge >= 0.3 is 6.18 Å². The van der Waals surface area contributed by atoms with Crippen molar-refractivity contribution in [3.05, 3.63) is 23.1 Å². The van der Waals surface area contributed by atoms with Gasteiger partial charge in [0.05, 0.1) is 5.02 Å². The molecule has 5 heteroatoms. The van der Waals surface area contributed by atoms with Gasteiger partial charge in [0.15, 0.2) is 0 Å². The van der Waals surface area contributed by atoms with Crippen molar-refractivity contribution in [1.82, 2.24) is 0 Å². The molecule has 0 saturated heterocycles. The van der Waals surface area contributed by atoms with Crippen LogP contribution in [-0.4, -0.2) is 6.18 Å². The second kappa shape index (κ2) is 3.85. The topological polar surface area (TPSA) is 13.1 Å². The maximum Gasteiger partial charge on any atom is 0.399 e. The summed E-state index contributed by atoms with van der Waals surface area (Å²) in [6, 6.07) is 1.21. The van der Waals surface area contributed by atoms with Crippen LogP contribution >= 0.6 is 11.6 Å². The Morgan fingerprint density at radius 1 is 1.36 bits per heavy atom. The van der Waals surface area contributed by atoms with Crippen LogP contribution in [0.15, 0.2) is 16.7 Å². The first-order chi connectivity index (χ1) is 6.32. The molecule has 0 amide bonds. The number of hydrogen-bond acceptors (Lipinski definition) is 1. The fourth-order valence-electron chi connectivity index (χ4n) is 1.36. The number of alkyl halides is 3. The highest BCUT2D eigenvalue weighted by Gasteiger charge is 2.44. The molecule has 0 aliphatic rings. The average molecular weight is 227 g/mol. The van der Waals surface area contributed by atoms with Crippen molar-refractivity contribution in [3.8, 4) is 0 Å². The van der Waals surface area contributed by atoms with Crippen LogP contribution in [0.4, 0.5) is 13.2 Å². The zero-order valence-electron chi connectivity index (χ0n) is 7.73. The Balaban J connectivity index is 3.01. The fraction of sp³-hybridized carbons (Fsp3) is 0.556. The van der Waals surface area contributed by atoms with Gasteiger partial charge in [0, 0.05) is 0 Å². The van der Waals surface area contributed by atoms with E-state index >= 15 is 0 Å². The summed E-state index contributed by atoms with van der Waals surface area (Å²) < 4.78 is 42.5. The van der Waals surface area contributed by atoms with Crippen LogP contribution in [0.5, 0.6) is 0 Å². The first kappa shape index (κ1) is 11.4. The lowest BCUT2D eigenvalue weighted by atomic mass is 9.93. The van der Waals surface area contributed by atoms with Crippen LogP contribution in [0.3, 0.4) is 0 Å². The molecule has 1 nitrogen and oxygen atoms in total. The number of halogens is 4. The van der Waals surface area contributed by atoms with Gasteiger partial charge in [-0.05, 0) is 12.0 Å². The Hall–Kier alpha value is -0.640. The zero-order valence-corrected chi connectivity index (χ0v) is 8.49.